The maximum absolute atomic E-state index is 9.30. The van der Waals surface area contributed by atoms with Gasteiger partial charge in [0.25, 0.3) is 0 Å². The van der Waals surface area contributed by atoms with Crippen LogP contribution in [0.4, 0.5) is 0 Å². The monoisotopic (exact) mass is 256 g/mol. The summed E-state index contributed by atoms with van der Waals surface area (Å²) < 4.78 is 0. The first-order valence-corrected chi connectivity index (χ1v) is 8.11. The standard InChI is InChI=1S/C17H24N2/c1-19(16-4-2-3-13(16)10-18)17-14-6-11-5-12(8-14)9-15(17)7-11/h11-12,14-15,17H,2-9H2,1H3. The summed E-state index contributed by atoms with van der Waals surface area (Å²) in [6, 6.07) is 3.21. The van der Waals surface area contributed by atoms with Crippen molar-refractivity contribution in [3.8, 4) is 6.07 Å². The Morgan fingerprint density at radius 3 is 2.21 bits per heavy atom. The summed E-state index contributed by atoms with van der Waals surface area (Å²) in [6.07, 6.45) is 10.7. The maximum Gasteiger partial charge on any atom is 0.0965 e. The molecule has 0 aromatic carbocycles. The van der Waals surface area contributed by atoms with Crippen LogP contribution in [0.1, 0.15) is 51.4 Å². The Bertz CT molecular complexity index is 428. The van der Waals surface area contributed by atoms with Gasteiger partial charge in [-0.15, -0.1) is 0 Å². The Labute approximate surface area is 116 Å². The van der Waals surface area contributed by atoms with Crippen LogP contribution >= 0.6 is 0 Å². The van der Waals surface area contributed by atoms with Crippen LogP contribution in [0, 0.1) is 35.0 Å². The molecule has 0 heterocycles. The van der Waals surface area contributed by atoms with Gasteiger partial charge in [0.1, 0.15) is 0 Å². The molecule has 102 valence electrons. The first-order chi connectivity index (χ1) is 9.26. The van der Waals surface area contributed by atoms with E-state index < -0.39 is 0 Å². The molecule has 4 bridgehead atoms. The smallest absolute Gasteiger partial charge is 0.0965 e. The molecule has 0 aromatic heterocycles. The second-order valence-corrected chi connectivity index (χ2v) is 7.42. The van der Waals surface area contributed by atoms with E-state index in [4.69, 9.17) is 0 Å². The molecule has 0 aliphatic heterocycles. The molecule has 2 heteroatoms. The lowest BCUT2D eigenvalue weighted by atomic mass is 9.54. The molecule has 4 fully saturated rings. The van der Waals surface area contributed by atoms with Crippen LogP contribution in [0.5, 0.6) is 0 Å². The van der Waals surface area contributed by atoms with Gasteiger partial charge in [-0.1, -0.05) is 0 Å². The number of allylic oxidation sites excluding steroid dienone is 2. The van der Waals surface area contributed by atoms with E-state index in [1.165, 1.54) is 44.2 Å². The van der Waals surface area contributed by atoms with E-state index in [-0.39, 0.29) is 0 Å². The van der Waals surface area contributed by atoms with Gasteiger partial charge in [-0.2, -0.15) is 5.26 Å². The molecule has 5 aliphatic carbocycles. The van der Waals surface area contributed by atoms with Crippen LogP contribution in [-0.4, -0.2) is 18.0 Å². The molecule has 0 atom stereocenters. The van der Waals surface area contributed by atoms with Gasteiger partial charge in [-0.25, -0.2) is 0 Å². The quantitative estimate of drug-likeness (QED) is 0.753. The summed E-state index contributed by atoms with van der Waals surface area (Å²) in [7, 11) is 2.28. The molecule has 0 spiro atoms. The van der Waals surface area contributed by atoms with E-state index in [2.05, 4.69) is 18.0 Å². The van der Waals surface area contributed by atoms with Gasteiger partial charge in [-0.05, 0) is 75.0 Å². The van der Waals surface area contributed by atoms with Crippen molar-refractivity contribution >= 4 is 0 Å². The number of nitrogens with zero attached hydrogens (tertiary/aromatic N) is 2. The lowest BCUT2D eigenvalue weighted by molar-refractivity contribution is -0.0484. The molecule has 2 nitrogen and oxygen atoms in total. The fraction of sp³-hybridized carbons (Fsp3) is 0.824. The van der Waals surface area contributed by atoms with Crippen molar-refractivity contribution in [1.82, 2.24) is 4.90 Å². The summed E-state index contributed by atoms with van der Waals surface area (Å²) in [5.74, 6) is 3.93. The highest BCUT2D eigenvalue weighted by atomic mass is 15.2. The van der Waals surface area contributed by atoms with Crippen LogP contribution in [0.2, 0.25) is 0 Å². The average Bonchev–Trinajstić information content (AvgIpc) is 2.85. The lowest BCUT2D eigenvalue weighted by Crippen LogP contribution is -2.54. The maximum atomic E-state index is 9.30. The predicted octanol–water partition coefficient (Wildman–Crippen LogP) is 3.70. The summed E-state index contributed by atoms with van der Waals surface area (Å²) in [6.45, 7) is 0. The van der Waals surface area contributed by atoms with E-state index in [0.29, 0.717) is 0 Å². The van der Waals surface area contributed by atoms with Crippen molar-refractivity contribution in [1.29, 1.82) is 5.26 Å². The molecule has 0 aromatic rings. The molecule has 5 aliphatic rings. The minimum Gasteiger partial charge on any atom is -0.374 e. The molecule has 0 amide bonds. The summed E-state index contributed by atoms with van der Waals surface area (Å²) in [4.78, 5) is 2.55. The number of hydrogen-bond acceptors (Lipinski definition) is 2. The third-order valence-corrected chi connectivity index (χ3v) is 6.37. The van der Waals surface area contributed by atoms with Crippen LogP contribution in [0.3, 0.4) is 0 Å². The molecule has 0 radical (unpaired) electrons. The highest BCUT2D eigenvalue weighted by Gasteiger charge is 2.50. The highest BCUT2D eigenvalue weighted by Crippen LogP contribution is 2.55. The zero-order valence-electron chi connectivity index (χ0n) is 11.9. The van der Waals surface area contributed by atoms with Gasteiger partial charge in [0.05, 0.1) is 6.07 Å². The van der Waals surface area contributed by atoms with Crippen molar-refractivity contribution in [3.05, 3.63) is 11.3 Å². The largest absolute Gasteiger partial charge is 0.374 e. The fourth-order valence-electron chi connectivity index (χ4n) is 5.95. The number of nitriles is 1. The molecule has 5 rings (SSSR count). The van der Waals surface area contributed by atoms with E-state index in [1.54, 1.807) is 0 Å². The third kappa shape index (κ3) is 1.74. The van der Waals surface area contributed by atoms with E-state index in [1.807, 2.05) is 0 Å². The molecule has 0 unspecified atom stereocenters. The Morgan fingerprint density at radius 2 is 1.63 bits per heavy atom. The second kappa shape index (κ2) is 4.27. The predicted molar refractivity (Wildman–Crippen MR) is 75.1 cm³/mol. The van der Waals surface area contributed by atoms with Gasteiger partial charge in [0, 0.05) is 24.4 Å². The topological polar surface area (TPSA) is 27.0 Å². The van der Waals surface area contributed by atoms with Gasteiger partial charge in [0.2, 0.25) is 0 Å². The number of rotatable bonds is 2. The molecular formula is C17H24N2. The van der Waals surface area contributed by atoms with Gasteiger partial charge < -0.3 is 4.90 Å². The highest BCUT2D eigenvalue weighted by molar-refractivity contribution is 5.31. The Kier molecular flexibility index (Phi) is 2.65. The Morgan fingerprint density at radius 1 is 1.00 bits per heavy atom. The molecule has 0 saturated heterocycles. The van der Waals surface area contributed by atoms with Crippen LogP contribution in [0.15, 0.2) is 11.3 Å². The van der Waals surface area contributed by atoms with E-state index in [9.17, 15) is 5.26 Å². The zero-order valence-corrected chi connectivity index (χ0v) is 11.9. The molecule has 4 saturated carbocycles. The molecular weight excluding hydrogens is 232 g/mol. The van der Waals surface area contributed by atoms with Crippen molar-refractivity contribution in [2.75, 3.05) is 7.05 Å². The first kappa shape index (κ1) is 11.8. The third-order valence-electron chi connectivity index (χ3n) is 6.37. The van der Waals surface area contributed by atoms with Crippen LogP contribution < -0.4 is 0 Å². The van der Waals surface area contributed by atoms with Gasteiger partial charge in [0.15, 0.2) is 0 Å². The first-order valence-electron chi connectivity index (χ1n) is 8.11. The Hall–Kier alpha value is -0.970. The van der Waals surface area contributed by atoms with Gasteiger partial charge >= 0.3 is 0 Å². The normalized spacial score (nSPS) is 43.7. The zero-order chi connectivity index (χ0) is 13.0. The fourth-order valence-corrected chi connectivity index (χ4v) is 5.95. The van der Waals surface area contributed by atoms with Crippen LogP contribution in [0.25, 0.3) is 0 Å². The van der Waals surface area contributed by atoms with E-state index >= 15 is 0 Å². The van der Waals surface area contributed by atoms with Crippen LogP contribution in [-0.2, 0) is 0 Å². The summed E-state index contributed by atoms with van der Waals surface area (Å²) >= 11 is 0. The average molecular weight is 256 g/mol. The minimum absolute atomic E-state index is 0.754. The SMILES string of the molecule is CN(C1=C(C#N)CCC1)C1C2CC3CC(C2)CC1C3. The second-order valence-electron chi connectivity index (χ2n) is 7.42. The summed E-state index contributed by atoms with van der Waals surface area (Å²) in [5.41, 5.74) is 2.47. The van der Waals surface area contributed by atoms with E-state index in [0.717, 1.165) is 48.1 Å². The van der Waals surface area contributed by atoms with Crippen molar-refractivity contribution in [2.24, 2.45) is 23.7 Å². The molecule has 0 N–H and O–H groups in total. The van der Waals surface area contributed by atoms with Crippen molar-refractivity contribution in [3.63, 3.8) is 0 Å². The van der Waals surface area contributed by atoms with Gasteiger partial charge in [-0.3, -0.25) is 0 Å². The Balaban J connectivity index is 1.61. The van der Waals surface area contributed by atoms with Crippen molar-refractivity contribution < 1.29 is 0 Å². The molecule has 19 heavy (non-hydrogen) atoms. The minimum atomic E-state index is 0.754. The lowest BCUT2D eigenvalue weighted by Gasteiger charge is -2.57. The summed E-state index contributed by atoms with van der Waals surface area (Å²) in [5, 5.41) is 9.30. The van der Waals surface area contributed by atoms with Crippen molar-refractivity contribution in [2.45, 2.75) is 57.4 Å². The number of hydrogen-bond donors (Lipinski definition) is 0.